The summed E-state index contributed by atoms with van der Waals surface area (Å²) in [7, 11) is 0. The van der Waals surface area contributed by atoms with E-state index in [-0.39, 0.29) is 16.8 Å². The van der Waals surface area contributed by atoms with Crippen LogP contribution < -0.4 is 0 Å². The van der Waals surface area contributed by atoms with Gasteiger partial charge in [-0.1, -0.05) is 20.8 Å². The molecule has 0 aromatic heterocycles. The van der Waals surface area contributed by atoms with Crippen molar-refractivity contribution in [2.45, 2.75) is 53.6 Å². The van der Waals surface area contributed by atoms with Gasteiger partial charge in [0.05, 0.1) is 12.2 Å². The normalized spacial score (nSPS) is 13.1. The highest BCUT2D eigenvalue weighted by atomic mass is 16.5. The SMILES string of the molecule is CC(C)(C)OCCC(=O)C(C)(C)C. The van der Waals surface area contributed by atoms with Gasteiger partial charge in [0.1, 0.15) is 5.78 Å². The Morgan fingerprint density at radius 3 is 1.85 bits per heavy atom. The molecule has 0 saturated heterocycles. The van der Waals surface area contributed by atoms with Crippen LogP contribution in [0.3, 0.4) is 0 Å². The number of hydrogen-bond acceptors (Lipinski definition) is 2. The average molecular weight is 186 g/mol. The molecule has 78 valence electrons. The summed E-state index contributed by atoms with van der Waals surface area (Å²) >= 11 is 0. The molecule has 2 heteroatoms. The van der Waals surface area contributed by atoms with Gasteiger partial charge in [0.15, 0.2) is 0 Å². The fourth-order valence-corrected chi connectivity index (χ4v) is 0.825. The van der Waals surface area contributed by atoms with Crippen molar-refractivity contribution < 1.29 is 9.53 Å². The van der Waals surface area contributed by atoms with E-state index in [1.165, 1.54) is 0 Å². The van der Waals surface area contributed by atoms with Crippen LogP contribution in [0.4, 0.5) is 0 Å². The van der Waals surface area contributed by atoms with Gasteiger partial charge >= 0.3 is 0 Å². The Hall–Kier alpha value is -0.370. The summed E-state index contributed by atoms with van der Waals surface area (Å²) < 4.78 is 5.47. The van der Waals surface area contributed by atoms with E-state index < -0.39 is 0 Å². The zero-order valence-corrected chi connectivity index (χ0v) is 9.73. The van der Waals surface area contributed by atoms with Gasteiger partial charge in [0.25, 0.3) is 0 Å². The van der Waals surface area contributed by atoms with Crippen molar-refractivity contribution >= 4 is 5.78 Å². The standard InChI is InChI=1S/C11H22O2/c1-10(2,3)9(12)7-8-13-11(4,5)6/h7-8H2,1-6H3. The molecule has 0 heterocycles. The van der Waals surface area contributed by atoms with Gasteiger partial charge in [0, 0.05) is 11.8 Å². The number of carbonyl (C=O) groups excluding carboxylic acids is 1. The Bertz CT molecular complexity index is 170. The van der Waals surface area contributed by atoms with Crippen LogP contribution in [0.1, 0.15) is 48.0 Å². The number of Topliss-reactive ketones (excluding diaryl/α,β-unsaturated/α-hetero) is 1. The lowest BCUT2D eigenvalue weighted by atomic mass is 9.89. The van der Waals surface area contributed by atoms with Crippen LogP contribution in [0.25, 0.3) is 0 Å². The van der Waals surface area contributed by atoms with Gasteiger partial charge in [-0.05, 0) is 20.8 Å². The molecule has 0 spiro atoms. The fourth-order valence-electron chi connectivity index (χ4n) is 0.825. The third-order valence-corrected chi connectivity index (χ3v) is 1.70. The molecule has 0 aliphatic carbocycles. The maximum Gasteiger partial charge on any atom is 0.140 e. The molecule has 0 aliphatic rings. The first kappa shape index (κ1) is 12.6. The molecule has 0 rings (SSSR count). The predicted octanol–water partition coefficient (Wildman–Crippen LogP) is 2.81. The molecule has 0 fully saturated rings. The number of hydrogen-bond donors (Lipinski definition) is 0. The van der Waals surface area contributed by atoms with Crippen LogP contribution in [0, 0.1) is 5.41 Å². The summed E-state index contributed by atoms with van der Waals surface area (Å²) in [6.07, 6.45) is 0.515. The van der Waals surface area contributed by atoms with Crippen LogP contribution in [0.15, 0.2) is 0 Å². The quantitative estimate of drug-likeness (QED) is 0.677. The van der Waals surface area contributed by atoms with Gasteiger partial charge in [-0.3, -0.25) is 4.79 Å². The topological polar surface area (TPSA) is 26.3 Å². The molecule has 0 atom stereocenters. The minimum absolute atomic E-state index is 0.141. The fraction of sp³-hybridized carbons (Fsp3) is 0.909. The van der Waals surface area contributed by atoms with Crippen LogP contribution in [-0.2, 0) is 9.53 Å². The largest absolute Gasteiger partial charge is 0.375 e. The zero-order chi connectivity index (χ0) is 10.7. The number of ketones is 1. The number of carbonyl (C=O) groups is 1. The summed E-state index contributed by atoms with van der Waals surface area (Å²) in [4.78, 5) is 11.5. The molecule has 0 unspecified atom stereocenters. The lowest BCUT2D eigenvalue weighted by molar-refractivity contribution is -0.128. The average Bonchev–Trinajstić information content (AvgIpc) is 1.82. The highest BCUT2D eigenvalue weighted by molar-refractivity contribution is 5.83. The highest BCUT2D eigenvalue weighted by Gasteiger charge is 2.21. The Morgan fingerprint density at radius 1 is 1.08 bits per heavy atom. The minimum atomic E-state index is -0.235. The lowest BCUT2D eigenvalue weighted by Crippen LogP contribution is -2.25. The monoisotopic (exact) mass is 186 g/mol. The molecule has 0 bridgehead atoms. The first-order valence-corrected chi connectivity index (χ1v) is 4.80. The minimum Gasteiger partial charge on any atom is -0.375 e. The molecule has 0 aliphatic heterocycles. The van der Waals surface area contributed by atoms with E-state index in [0.29, 0.717) is 13.0 Å². The highest BCUT2D eigenvalue weighted by Crippen LogP contribution is 2.17. The first-order chi connectivity index (χ1) is 5.63. The number of rotatable bonds is 3. The molecule has 0 aromatic rings. The van der Waals surface area contributed by atoms with Gasteiger partial charge in [-0.25, -0.2) is 0 Å². The maximum atomic E-state index is 11.5. The second-order valence-corrected chi connectivity index (χ2v) is 5.38. The van der Waals surface area contributed by atoms with Gasteiger partial charge in [-0.2, -0.15) is 0 Å². The zero-order valence-electron chi connectivity index (χ0n) is 9.73. The van der Waals surface area contributed by atoms with E-state index in [1.807, 2.05) is 41.5 Å². The molecule has 0 amide bonds. The van der Waals surface area contributed by atoms with E-state index in [1.54, 1.807) is 0 Å². The van der Waals surface area contributed by atoms with Gasteiger partial charge < -0.3 is 4.74 Å². The summed E-state index contributed by atoms with van der Waals surface area (Å²) in [5, 5.41) is 0. The van der Waals surface area contributed by atoms with Crippen LogP contribution >= 0.6 is 0 Å². The molecule has 2 nitrogen and oxygen atoms in total. The Labute approximate surface area is 81.7 Å². The molecule has 13 heavy (non-hydrogen) atoms. The van der Waals surface area contributed by atoms with E-state index in [2.05, 4.69) is 0 Å². The summed E-state index contributed by atoms with van der Waals surface area (Å²) in [5.74, 6) is 0.261. The summed E-state index contributed by atoms with van der Waals surface area (Å²) in [6, 6.07) is 0. The second kappa shape index (κ2) is 4.23. The third-order valence-electron chi connectivity index (χ3n) is 1.70. The Balaban J connectivity index is 3.74. The van der Waals surface area contributed by atoms with Gasteiger partial charge in [-0.15, -0.1) is 0 Å². The molecule has 0 N–H and O–H groups in total. The van der Waals surface area contributed by atoms with E-state index in [4.69, 9.17) is 4.74 Å². The van der Waals surface area contributed by atoms with Crippen molar-refractivity contribution in [2.75, 3.05) is 6.61 Å². The van der Waals surface area contributed by atoms with Crippen molar-refractivity contribution in [1.29, 1.82) is 0 Å². The smallest absolute Gasteiger partial charge is 0.140 e. The second-order valence-electron chi connectivity index (χ2n) is 5.38. The van der Waals surface area contributed by atoms with Crippen LogP contribution in [0.5, 0.6) is 0 Å². The van der Waals surface area contributed by atoms with E-state index in [0.717, 1.165) is 0 Å². The number of ether oxygens (including phenoxy) is 1. The third kappa shape index (κ3) is 6.76. The van der Waals surface area contributed by atoms with Crippen molar-refractivity contribution in [3.8, 4) is 0 Å². The molecular formula is C11H22O2. The Kier molecular flexibility index (Phi) is 4.11. The molecular weight excluding hydrogens is 164 g/mol. The maximum absolute atomic E-state index is 11.5. The van der Waals surface area contributed by atoms with Crippen LogP contribution in [-0.4, -0.2) is 18.0 Å². The van der Waals surface area contributed by atoms with E-state index in [9.17, 15) is 4.79 Å². The predicted molar refractivity (Wildman–Crippen MR) is 54.8 cm³/mol. The summed E-state index contributed by atoms with van der Waals surface area (Å²) in [5.41, 5.74) is -0.376. The molecule has 0 aromatic carbocycles. The molecule has 0 saturated carbocycles. The lowest BCUT2D eigenvalue weighted by Gasteiger charge is -2.21. The van der Waals surface area contributed by atoms with Gasteiger partial charge in [0.2, 0.25) is 0 Å². The summed E-state index contributed by atoms with van der Waals surface area (Å²) in [6.45, 7) is 12.3. The van der Waals surface area contributed by atoms with Crippen molar-refractivity contribution in [3.63, 3.8) is 0 Å². The van der Waals surface area contributed by atoms with Crippen molar-refractivity contribution in [2.24, 2.45) is 5.41 Å². The molecule has 0 radical (unpaired) electrons. The van der Waals surface area contributed by atoms with Crippen LogP contribution in [0.2, 0.25) is 0 Å². The van der Waals surface area contributed by atoms with E-state index >= 15 is 0 Å². The van der Waals surface area contributed by atoms with Crippen molar-refractivity contribution in [1.82, 2.24) is 0 Å². The first-order valence-electron chi connectivity index (χ1n) is 4.80. The Morgan fingerprint density at radius 2 is 1.54 bits per heavy atom. The van der Waals surface area contributed by atoms with Crippen molar-refractivity contribution in [3.05, 3.63) is 0 Å².